The molecule has 0 saturated carbocycles. The number of thiazole rings is 1. The first-order valence-electron chi connectivity index (χ1n) is 6.50. The second kappa shape index (κ2) is 7.71. The summed E-state index contributed by atoms with van der Waals surface area (Å²) in [6.45, 7) is 9.18. The van der Waals surface area contributed by atoms with Crippen molar-refractivity contribution in [2.24, 2.45) is 0 Å². The van der Waals surface area contributed by atoms with Gasteiger partial charge in [-0.1, -0.05) is 6.92 Å². The number of nitrogens with one attached hydrogen (secondary N) is 1. The van der Waals surface area contributed by atoms with Crippen LogP contribution < -0.4 is 10.2 Å². The number of hydrogen-bond donors (Lipinski definition) is 1. The van der Waals surface area contributed by atoms with Crippen molar-refractivity contribution in [3.05, 3.63) is 10.6 Å². The number of ether oxygens (including phenoxy) is 1. The van der Waals surface area contributed by atoms with Gasteiger partial charge >= 0.3 is 0 Å². The van der Waals surface area contributed by atoms with Crippen molar-refractivity contribution >= 4 is 16.5 Å². The SMILES string of the molecule is CCNC(C)c1sc(N(C)CCCOC)nc1C. The van der Waals surface area contributed by atoms with Crippen molar-refractivity contribution < 1.29 is 4.74 Å². The summed E-state index contributed by atoms with van der Waals surface area (Å²) in [5.41, 5.74) is 1.14. The van der Waals surface area contributed by atoms with E-state index in [2.05, 4.69) is 43.0 Å². The summed E-state index contributed by atoms with van der Waals surface area (Å²) in [6, 6.07) is 0.383. The van der Waals surface area contributed by atoms with Crippen molar-refractivity contribution in [1.82, 2.24) is 10.3 Å². The number of aryl methyl sites for hydroxylation is 1. The Labute approximate surface area is 114 Å². The number of methoxy groups -OCH3 is 1. The zero-order valence-electron chi connectivity index (χ0n) is 12.1. The molecule has 5 heteroatoms. The van der Waals surface area contributed by atoms with Crippen LogP contribution in [-0.2, 0) is 4.74 Å². The van der Waals surface area contributed by atoms with Crippen molar-refractivity contribution in [1.29, 1.82) is 0 Å². The number of nitrogens with zero attached hydrogens (tertiary/aromatic N) is 2. The molecule has 4 nitrogen and oxygen atoms in total. The van der Waals surface area contributed by atoms with E-state index in [0.29, 0.717) is 6.04 Å². The summed E-state index contributed by atoms with van der Waals surface area (Å²) in [5.74, 6) is 0. The van der Waals surface area contributed by atoms with E-state index in [1.165, 1.54) is 4.88 Å². The Morgan fingerprint density at radius 1 is 1.50 bits per heavy atom. The molecule has 0 aliphatic heterocycles. The maximum atomic E-state index is 5.07. The molecule has 1 rings (SSSR count). The molecule has 1 N–H and O–H groups in total. The van der Waals surface area contributed by atoms with E-state index < -0.39 is 0 Å². The van der Waals surface area contributed by atoms with Crippen LogP contribution in [0.1, 0.15) is 36.9 Å². The van der Waals surface area contributed by atoms with E-state index in [9.17, 15) is 0 Å². The molecule has 1 heterocycles. The van der Waals surface area contributed by atoms with Gasteiger partial charge in [0, 0.05) is 38.2 Å². The molecule has 0 aliphatic rings. The van der Waals surface area contributed by atoms with Crippen LogP contribution in [0.5, 0.6) is 0 Å². The molecule has 0 spiro atoms. The van der Waals surface area contributed by atoms with Crippen molar-refractivity contribution in [2.45, 2.75) is 33.2 Å². The van der Waals surface area contributed by atoms with Gasteiger partial charge in [-0.05, 0) is 26.8 Å². The van der Waals surface area contributed by atoms with Gasteiger partial charge in [0.15, 0.2) is 5.13 Å². The monoisotopic (exact) mass is 271 g/mol. The molecule has 18 heavy (non-hydrogen) atoms. The van der Waals surface area contributed by atoms with Gasteiger partial charge in [0.25, 0.3) is 0 Å². The predicted octanol–water partition coefficient (Wildman–Crippen LogP) is 2.59. The van der Waals surface area contributed by atoms with Gasteiger partial charge in [-0.3, -0.25) is 0 Å². The van der Waals surface area contributed by atoms with Crippen LogP contribution in [0.25, 0.3) is 0 Å². The Morgan fingerprint density at radius 2 is 2.22 bits per heavy atom. The van der Waals surface area contributed by atoms with Gasteiger partial charge < -0.3 is 15.0 Å². The van der Waals surface area contributed by atoms with E-state index >= 15 is 0 Å². The largest absolute Gasteiger partial charge is 0.385 e. The van der Waals surface area contributed by atoms with Gasteiger partial charge in [0.05, 0.1) is 5.69 Å². The van der Waals surface area contributed by atoms with Crippen LogP contribution in [0.3, 0.4) is 0 Å². The molecule has 0 radical (unpaired) electrons. The Kier molecular flexibility index (Phi) is 6.60. The lowest BCUT2D eigenvalue weighted by Crippen LogP contribution is -2.19. The average molecular weight is 271 g/mol. The quantitative estimate of drug-likeness (QED) is 0.738. The molecular formula is C13H25N3OS. The zero-order valence-corrected chi connectivity index (χ0v) is 12.9. The van der Waals surface area contributed by atoms with E-state index in [1.54, 1.807) is 18.4 Å². The molecule has 0 amide bonds. The summed E-state index contributed by atoms with van der Waals surface area (Å²) in [4.78, 5) is 8.20. The molecule has 104 valence electrons. The van der Waals surface area contributed by atoms with Gasteiger partial charge in [0.1, 0.15) is 0 Å². The van der Waals surface area contributed by atoms with Crippen molar-refractivity contribution in [3.8, 4) is 0 Å². The number of aromatic nitrogens is 1. The summed E-state index contributed by atoms with van der Waals surface area (Å²) in [7, 11) is 3.83. The maximum absolute atomic E-state index is 5.07. The Balaban J connectivity index is 2.64. The molecule has 0 saturated heterocycles. The first kappa shape index (κ1) is 15.4. The van der Waals surface area contributed by atoms with Crippen LogP contribution in [0.2, 0.25) is 0 Å². The second-order valence-corrected chi connectivity index (χ2v) is 5.50. The van der Waals surface area contributed by atoms with Gasteiger partial charge in [0.2, 0.25) is 0 Å². The third kappa shape index (κ3) is 4.23. The Hall–Kier alpha value is -0.650. The second-order valence-electron chi connectivity index (χ2n) is 4.49. The Morgan fingerprint density at radius 3 is 2.83 bits per heavy atom. The topological polar surface area (TPSA) is 37.4 Å². The molecule has 1 aromatic rings. The highest BCUT2D eigenvalue weighted by atomic mass is 32.1. The van der Waals surface area contributed by atoms with Crippen molar-refractivity contribution in [2.75, 3.05) is 38.8 Å². The van der Waals surface area contributed by atoms with Gasteiger partial charge in [-0.2, -0.15) is 0 Å². The molecule has 0 bridgehead atoms. The normalized spacial score (nSPS) is 12.7. The fraction of sp³-hybridized carbons (Fsp3) is 0.769. The first-order chi connectivity index (χ1) is 8.60. The minimum atomic E-state index is 0.383. The molecule has 0 aliphatic carbocycles. The van der Waals surface area contributed by atoms with E-state index in [1.807, 2.05) is 0 Å². The highest BCUT2D eigenvalue weighted by Crippen LogP contribution is 2.30. The minimum absolute atomic E-state index is 0.383. The highest BCUT2D eigenvalue weighted by molar-refractivity contribution is 7.15. The summed E-state index contributed by atoms with van der Waals surface area (Å²) in [5, 5.41) is 4.54. The minimum Gasteiger partial charge on any atom is -0.385 e. The fourth-order valence-electron chi connectivity index (χ4n) is 1.90. The van der Waals surface area contributed by atoms with Crippen LogP contribution in [0.4, 0.5) is 5.13 Å². The standard InChI is InChI=1S/C13H25N3OS/c1-6-14-10(2)12-11(3)15-13(18-12)16(4)8-7-9-17-5/h10,14H,6-9H2,1-5H3. The third-order valence-corrected chi connectivity index (χ3v) is 4.35. The summed E-state index contributed by atoms with van der Waals surface area (Å²) < 4.78 is 5.07. The lowest BCUT2D eigenvalue weighted by molar-refractivity contribution is 0.196. The van der Waals surface area contributed by atoms with Crippen LogP contribution in [0, 0.1) is 6.92 Å². The molecule has 1 unspecified atom stereocenters. The van der Waals surface area contributed by atoms with Crippen LogP contribution in [-0.4, -0.2) is 38.8 Å². The number of anilines is 1. The van der Waals surface area contributed by atoms with E-state index in [0.717, 1.165) is 36.9 Å². The van der Waals surface area contributed by atoms with Gasteiger partial charge in [-0.15, -0.1) is 11.3 Å². The first-order valence-corrected chi connectivity index (χ1v) is 7.32. The summed E-state index contributed by atoms with van der Waals surface area (Å²) in [6.07, 6.45) is 1.03. The number of rotatable bonds is 8. The molecule has 1 aromatic heterocycles. The van der Waals surface area contributed by atoms with E-state index in [4.69, 9.17) is 4.74 Å². The predicted molar refractivity (Wildman–Crippen MR) is 78.7 cm³/mol. The smallest absolute Gasteiger partial charge is 0.185 e. The molecule has 0 fully saturated rings. The number of hydrogen-bond acceptors (Lipinski definition) is 5. The third-order valence-electron chi connectivity index (χ3n) is 2.89. The fourth-order valence-corrected chi connectivity index (χ4v) is 2.98. The highest BCUT2D eigenvalue weighted by Gasteiger charge is 2.15. The molecule has 0 aromatic carbocycles. The molecule has 1 atom stereocenters. The lowest BCUT2D eigenvalue weighted by atomic mass is 10.2. The van der Waals surface area contributed by atoms with Crippen molar-refractivity contribution in [3.63, 3.8) is 0 Å². The summed E-state index contributed by atoms with van der Waals surface area (Å²) >= 11 is 1.79. The Bertz CT molecular complexity index is 354. The zero-order chi connectivity index (χ0) is 13.5. The maximum Gasteiger partial charge on any atom is 0.185 e. The lowest BCUT2D eigenvalue weighted by Gasteiger charge is -2.15. The van der Waals surface area contributed by atoms with E-state index in [-0.39, 0.29) is 0 Å². The average Bonchev–Trinajstić information content (AvgIpc) is 2.72. The van der Waals surface area contributed by atoms with Crippen LogP contribution >= 0.6 is 11.3 Å². The molecular weight excluding hydrogens is 246 g/mol. The van der Waals surface area contributed by atoms with Crippen LogP contribution in [0.15, 0.2) is 0 Å². The van der Waals surface area contributed by atoms with Gasteiger partial charge in [-0.25, -0.2) is 4.98 Å².